The molecule has 0 amide bonds. The van der Waals surface area contributed by atoms with Crippen LogP contribution in [-0.2, 0) is 14.3 Å². The van der Waals surface area contributed by atoms with Crippen LogP contribution in [0.5, 0.6) is 5.75 Å². The summed E-state index contributed by atoms with van der Waals surface area (Å²) in [5.74, 6) is -0.349. The lowest BCUT2D eigenvalue weighted by molar-refractivity contribution is -0.176. The third-order valence-corrected chi connectivity index (χ3v) is 5.74. The van der Waals surface area contributed by atoms with E-state index in [-0.39, 0.29) is 5.97 Å². The standard InChI is InChI=1S/C18H20O4/c1-5-12-6-8-13(9-7-12)21-15(20)18-11-10-17(4,14(19)22-18)16(18,2)3/h5-9H,1,10-11H2,2-4H3/t17-,18+/m0/s1. The Balaban J connectivity index is 1.89. The summed E-state index contributed by atoms with van der Waals surface area (Å²) in [7, 11) is 0. The summed E-state index contributed by atoms with van der Waals surface area (Å²) in [6.07, 6.45) is 2.86. The zero-order chi connectivity index (χ0) is 16.2. The number of carbonyl (C=O) groups excluding carboxylic acids is 2. The van der Waals surface area contributed by atoms with Gasteiger partial charge in [-0.1, -0.05) is 38.6 Å². The van der Waals surface area contributed by atoms with Crippen LogP contribution in [0.25, 0.3) is 6.08 Å². The fourth-order valence-electron chi connectivity index (χ4n) is 3.56. The number of rotatable bonds is 3. The van der Waals surface area contributed by atoms with Gasteiger partial charge in [-0.05, 0) is 37.5 Å². The van der Waals surface area contributed by atoms with Crippen LogP contribution in [0.1, 0.15) is 39.2 Å². The zero-order valence-electron chi connectivity index (χ0n) is 13.1. The monoisotopic (exact) mass is 300 g/mol. The van der Waals surface area contributed by atoms with E-state index in [4.69, 9.17) is 9.47 Å². The van der Waals surface area contributed by atoms with Crippen molar-refractivity contribution in [3.63, 3.8) is 0 Å². The molecule has 0 radical (unpaired) electrons. The van der Waals surface area contributed by atoms with Crippen LogP contribution in [0.15, 0.2) is 30.8 Å². The Bertz CT molecular complexity index is 658. The minimum Gasteiger partial charge on any atom is -0.446 e. The average molecular weight is 300 g/mol. The summed E-state index contributed by atoms with van der Waals surface area (Å²) >= 11 is 0. The van der Waals surface area contributed by atoms with Crippen LogP contribution in [0.4, 0.5) is 0 Å². The Labute approximate surface area is 130 Å². The molecule has 0 aromatic heterocycles. The van der Waals surface area contributed by atoms with Gasteiger partial charge in [0.15, 0.2) is 0 Å². The maximum absolute atomic E-state index is 12.7. The van der Waals surface area contributed by atoms with Gasteiger partial charge >= 0.3 is 11.9 Å². The van der Waals surface area contributed by atoms with Crippen LogP contribution >= 0.6 is 0 Å². The average Bonchev–Trinajstić information content (AvgIpc) is 2.78. The number of fused-ring (bicyclic) bond motifs is 2. The van der Waals surface area contributed by atoms with Gasteiger partial charge in [0.2, 0.25) is 5.60 Å². The molecule has 22 heavy (non-hydrogen) atoms. The molecule has 116 valence electrons. The van der Waals surface area contributed by atoms with E-state index in [0.29, 0.717) is 18.6 Å². The molecule has 1 aliphatic carbocycles. The highest BCUT2D eigenvalue weighted by Crippen LogP contribution is 2.65. The quantitative estimate of drug-likeness (QED) is 0.634. The van der Waals surface area contributed by atoms with Gasteiger partial charge in [-0.25, -0.2) is 4.79 Å². The topological polar surface area (TPSA) is 52.6 Å². The number of carbonyl (C=O) groups is 2. The molecule has 0 N–H and O–H groups in total. The van der Waals surface area contributed by atoms with E-state index in [2.05, 4.69) is 6.58 Å². The minimum absolute atomic E-state index is 0.303. The number of ether oxygens (including phenoxy) is 2. The van der Waals surface area contributed by atoms with Crippen molar-refractivity contribution in [3.8, 4) is 5.75 Å². The van der Waals surface area contributed by atoms with Crippen LogP contribution < -0.4 is 4.74 Å². The first kappa shape index (κ1) is 14.8. The number of esters is 2. The summed E-state index contributed by atoms with van der Waals surface area (Å²) in [6, 6.07) is 7.06. The maximum atomic E-state index is 12.7. The lowest BCUT2D eigenvalue weighted by atomic mass is 9.66. The molecule has 4 nitrogen and oxygen atoms in total. The largest absolute Gasteiger partial charge is 0.446 e. The van der Waals surface area contributed by atoms with Crippen molar-refractivity contribution in [1.82, 2.24) is 0 Å². The molecule has 0 spiro atoms. The van der Waals surface area contributed by atoms with Gasteiger partial charge in [0.05, 0.1) is 5.41 Å². The SMILES string of the molecule is C=Cc1ccc(OC(=O)[C@@]23CC[C@@](C)(C(=O)O2)C3(C)C)cc1. The highest BCUT2D eigenvalue weighted by Gasteiger charge is 2.76. The van der Waals surface area contributed by atoms with Gasteiger partial charge in [-0.2, -0.15) is 0 Å². The fraction of sp³-hybridized carbons (Fsp3) is 0.444. The second-order valence-electron chi connectivity index (χ2n) is 6.84. The molecule has 2 fully saturated rings. The van der Waals surface area contributed by atoms with Crippen LogP contribution in [0.2, 0.25) is 0 Å². The van der Waals surface area contributed by atoms with Gasteiger partial charge in [-0.3, -0.25) is 4.79 Å². The molecule has 1 aromatic carbocycles. The van der Waals surface area contributed by atoms with Gasteiger partial charge in [0.1, 0.15) is 5.75 Å². The molecule has 1 aromatic rings. The first-order valence-electron chi connectivity index (χ1n) is 7.45. The van der Waals surface area contributed by atoms with Crippen molar-refractivity contribution in [2.24, 2.45) is 10.8 Å². The van der Waals surface area contributed by atoms with E-state index >= 15 is 0 Å². The molecule has 1 aliphatic heterocycles. The lowest BCUT2D eigenvalue weighted by Crippen LogP contribution is -2.50. The number of benzene rings is 1. The molecule has 1 saturated carbocycles. The molecule has 2 atom stereocenters. The lowest BCUT2D eigenvalue weighted by Gasteiger charge is -2.34. The molecular formula is C18H20O4. The predicted molar refractivity (Wildman–Crippen MR) is 82.1 cm³/mol. The number of hydrogen-bond acceptors (Lipinski definition) is 4. The predicted octanol–water partition coefficient (Wildman–Crippen LogP) is 3.36. The number of hydrogen-bond donors (Lipinski definition) is 0. The Morgan fingerprint density at radius 1 is 1.23 bits per heavy atom. The Morgan fingerprint density at radius 2 is 1.86 bits per heavy atom. The molecule has 2 aliphatic rings. The molecule has 1 saturated heterocycles. The Hall–Kier alpha value is -2.10. The fourth-order valence-corrected chi connectivity index (χ4v) is 3.56. The highest BCUT2D eigenvalue weighted by atomic mass is 16.6. The van der Waals surface area contributed by atoms with Crippen molar-refractivity contribution >= 4 is 18.0 Å². The van der Waals surface area contributed by atoms with E-state index in [1.807, 2.05) is 32.9 Å². The Kier molecular flexibility index (Phi) is 3.00. The van der Waals surface area contributed by atoms with E-state index in [1.54, 1.807) is 18.2 Å². The van der Waals surface area contributed by atoms with E-state index in [1.165, 1.54) is 0 Å². The summed E-state index contributed by atoms with van der Waals surface area (Å²) in [4.78, 5) is 24.9. The summed E-state index contributed by atoms with van der Waals surface area (Å²) in [5.41, 5.74) is -1.46. The van der Waals surface area contributed by atoms with Crippen molar-refractivity contribution in [2.75, 3.05) is 0 Å². The molecular weight excluding hydrogens is 280 g/mol. The smallest absolute Gasteiger partial charge is 0.356 e. The van der Waals surface area contributed by atoms with Gasteiger partial charge in [0, 0.05) is 5.41 Å². The van der Waals surface area contributed by atoms with Gasteiger partial charge in [-0.15, -0.1) is 0 Å². The van der Waals surface area contributed by atoms with Crippen molar-refractivity contribution in [3.05, 3.63) is 36.4 Å². The van der Waals surface area contributed by atoms with Gasteiger partial charge in [0.25, 0.3) is 0 Å². The van der Waals surface area contributed by atoms with E-state index in [0.717, 1.165) is 5.56 Å². The second kappa shape index (κ2) is 4.45. The third kappa shape index (κ3) is 1.64. The van der Waals surface area contributed by atoms with E-state index < -0.39 is 22.4 Å². The van der Waals surface area contributed by atoms with Crippen LogP contribution in [-0.4, -0.2) is 17.5 Å². The third-order valence-electron chi connectivity index (χ3n) is 5.74. The van der Waals surface area contributed by atoms with Crippen molar-refractivity contribution in [2.45, 2.75) is 39.2 Å². The minimum atomic E-state index is -1.18. The van der Waals surface area contributed by atoms with Crippen LogP contribution in [0, 0.1) is 10.8 Å². The summed E-state index contributed by atoms with van der Waals surface area (Å²) in [6.45, 7) is 9.37. The highest BCUT2D eigenvalue weighted by molar-refractivity contribution is 5.94. The second-order valence-corrected chi connectivity index (χ2v) is 6.84. The Morgan fingerprint density at radius 3 is 2.32 bits per heavy atom. The van der Waals surface area contributed by atoms with Crippen LogP contribution in [0.3, 0.4) is 0 Å². The zero-order valence-corrected chi connectivity index (χ0v) is 13.1. The molecule has 0 unspecified atom stereocenters. The summed E-state index contributed by atoms with van der Waals surface area (Å²) in [5, 5.41) is 0. The first-order chi connectivity index (χ1) is 10.3. The molecule has 1 heterocycles. The normalized spacial score (nSPS) is 31.7. The molecule has 3 rings (SSSR count). The van der Waals surface area contributed by atoms with Crippen molar-refractivity contribution < 1.29 is 19.1 Å². The van der Waals surface area contributed by atoms with E-state index in [9.17, 15) is 9.59 Å². The molecule has 4 heteroatoms. The maximum Gasteiger partial charge on any atom is 0.356 e. The first-order valence-corrected chi connectivity index (χ1v) is 7.45. The van der Waals surface area contributed by atoms with Gasteiger partial charge < -0.3 is 9.47 Å². The van der Waals surface area contributed by atoms with Crippen molar-refractivity contribution in [1.29, 1.82) is 0 Å². The molecule has 2 bridgehead atoms. The summed E-state index contributed by atoms with van der Waals surface area (Å²) < 4.78 is 11.0.